The molecule has 26 heavy (non-hydrogen) atoms. The minimum atomic E-state index is -0.815. The number of carboxylic acid groups (broad SMARTS) is 1. The second-order valence-corrected chi connectivity index (χ2v) is 7.68. The molecule has 0 bridgehead atoms. The summed E-state index contributed by atoms with van der Waals surface area (Å²) in [5.41, 5.74) is 0. The maximum Gasteiger partial charge on any atom is 0.308 e. The first kappa shape index (κ1) is 17.1. The number of nitrogens with zero attached hydrogens (tertiary/aromatic N) is 2. The van der Waals surface area contributed by atoms with E-state index in [1.165, 1.54) is 6.26 Å². The van der Waals surface area contributed by atoms with E-state index in [2.05, 4.69) is 0 Å². The monoisotopic (exact) mass is 360 g/mol. The lowest BCUT2D eigenvalue weighted by Crippen LogP contribution is -2.52. The number of carboxylic acids is 1. The van der Waals surface area contributed by atoms with Crippen LogP contribution in [0.1, 0.15) is 42.7 Å². The van der Waals surface area contributed by atoms with Crippen LogP contribution in [0.2, 0.25) is 0 Å². The van der Waals surface area contributed by atoms with Gasteiger partial charge >= 0.3 is 5.97 Å². The van der Waals surface area contributed by atoms with E-state index in [-0.39, 0.29) is 30.0 Å². The summed E-state index contributed by atoms with van der Waals surface area (Å²) in [7, 11) is 0. The highest BCUT2D eigenvalue weighted by Crippen LogP contribution is 2.44. The molecule has 3 aliphatic rings. The van der Waals surface area contributed by atoms with Gasteiger partial charge < -0.3 is 19.3 Å². The Hall–Kier alpha value is -2.31. The van der Waals surface area contributed by atoms with E-state index in [0.29, 0.717) is 25.4 Å². The van der Waals surface area contributed by atoms with Gasteiger partial charge in [-0.25, -0.2) is 0 Å². The molecule has 1 aromatic heterocycles. The maximum atomic E-state index is 13.2. The summed E-state index contributed by atoms with van der Waals surface area (Å²) in [5.74, 6) is -0.950. The molecule has 4 rings (SSSR count). The van der Waals surface area contributed by atoms with Crippen LogP contribution >= 0.6 is 0 Å². The molecular weight excluding hydrogens is 336 g/mol. The number of piperidine rings is 1. The van der Waals surface area contributed by atoms with E-state index in [4.69, 9.17) is 4.42 Å². The van der Waals surface area contributed by atoms with E-state index in [0.717, 1.165) is 25.7 Å². The van der Waals surface area contributed by atoms with E-state index < -0.39 is 17.9 Å². The Morgan fingerprint density at radius 3 is 2.58 bits per heavy atom. The zero-order chi connectivity index (χ0) is 18.3. The number of hydrogen-bond donors (Lipinski definition) is 1. The van der Waals surface area contributed by atoms with Crippen molar-refractivity contribution in [1.82, 2.24) is 9.80 Å². The molecule has 7 heteroatoms. The van der Waals surface area contributed by atoms with E-state index in [9.17, 15) is 19.5 Å². The van der Waals surface area contributed by atoms with Crippen molar-refractivity contribution in [3.05, 3.63) is 24.2 Å². The molecule has 1 aromatic rings. The van der Waals surface area contributed by atoms with Gasteiger partial charge in [-0.1, -0.05) is 0 Å². The standard InChI is InChI=1S/C19H24N2O5/c22-17(20-10-13(12-6-7-12)14(11-20)19(24)25)15-4-1-2-8-21(15)18(23)16-5-3-9-26-16/h3,5,9,12-15H,1-2,4,6-8,10-11H2,(H,24,25)/t13-,14+,15?/m1/s1. The van der Waals surface area contributed by atoms with Crippen LogP contribution in [0.5, 0.6) is 0 Å². The number of hydrogen-bond acceptors (Lipinski definition) is 4. The van der Waals surface area contributed by atoms with Crippen molar-refractivity contribution in [2.45, 2.75) is 38.1 Å². The summed E-state index contributed by atoms with van der Waals surface area (Å²) in [5, 5.41) is 9.52. The molecule has 3 fully saturated rings. The fraction of sp³-hybridized carbons (Fsp3) is 0.632. The van der Waals surface area contributed by atoms with Gasteiger partial charge in [0.2, 0.25) is 5.91 Å². The molecule has 2 saturated heterocycles. The summed E-state index contributed by atoms with van der Waals surface area (Å²) in [6.45, 7) is 1.28. The summed E-state index contributed by atoms with van der Waals surface area (Å²) in [6, 6.07) is 2.75. The van der Waals surface area contributed by atoms with Crippen LogP contribution in [-0.2, 0) is 9.59 Å². The minimum Gasteiger partial charge on any atom is -0.481 e. The number of furan rings is 1. The molecule has 7 nitrogen and oxygen atoms in total. The zero-order valence-corrected chi connectivity index (χ0v) is 14.7. The fourth-order valence-electron chi connectivity index (χ4n) is 4.46. The Bertz CT molecular complexity index is 697. The lowest BCUT2D eigenvalue weighted by atomic mass is 9.92. The topological polar surface area (TPSA) is 91.1 Å². The molecular formula is C19H24N2O5. The zero-order valence-electron chi connectivity index (χ0n) is 14.7. The molecule has 1 aliphatic carbocycles. The lowest BCUT2D eigenvalue weighted by Gasteiger charge is -2.36. The number of aliphatic carboxylic acids is 1. The van der Waals surface area contributed by atoms with Crippen LogP contribution in [0, 0.1) is 17.8 Å². The molecule has 2 aliphatic heterocycles. The van der Waals surface area contributed by atoms with Gasteiger partial charge in [0.25, 0.3) is 5.91 Å². The maximum absolute atomic E-state index is 13.2. The largest absolute Gasteiger partial charge is 0.481 e. The van der Waals surface area contributed by atoms with Crippen LogP contribution in [0.15, 0.2) is 22.8 Å². The van der Waals surface area contributed by atoms with Gasteiger partial charge in [-0.3, -0.25) is 14.4 Å². The lowest BCUT2D eigenvalue weighted by molar-refractivity contribution is -0.143. The third-order valence-electron chi connectivity index (χ3n) is 6.00. The quantitative estimate of drug-likeness (QED) is 0.885. The van der Waals surface area contributed by atoms with Crippen molar-refractivity contribution in [3.8, 4) is 0 Å². The van der Waals surface area contributed by atoms with Gasteiger partial charge in [0.15, 0.2) is 5.76 Å². The Morgan fingerprint density at radius 2 is 1.92 bits per heavy atom. The molecule has 3 atom stereocenters. The second kappa shape index (κ2) is 6.78. The highest BCUT2D eigenvalue weighted by Gasteiger charge is 2.48. The van der Waals surface area contributed by atoms with Crippen molar-refractivity contribution < 1.29 is 23.9 Å². The summed E-state index contributed by atoms with van der Waals surface area (Å²) in [4.78, 5) is 40.7. The predicted octanol–water partition coefficient (Wildman–Crippen LogP) is 1.84. The average molecular weight is 360 g/mol. The van der Waals surface area contributed by atoms with Crippen molar-refractivity contribution in [1.29, 1.82) is 0 Å². The molecule has 1 unspecified atom stereocenters. The molecule has 0 aromatic carbocycles. The molecule has 0 radical (unpaired) electrons. The van der Waals surface area contributed by atoms with Gasteiger partial charge in [0.1, 0.15) is 6.04 Å². The van der Waals surface area contributed by atoms with Gasteiger partial charge in [0, 0.05) is 19.6 Å². The fourth-order valence-corrected chi connectivity index (χ4v) is 4.46. The third kappa shape index (κ3) is 3.10. The Labute approximate surface area is 151 Å². The van der Waals surface area contributed by atoms with E-state index in [1.54, 1.807) is 21.9 Å². The Kier molecular flexibility index (Phi) is 4.46. The molecule has 0 spiro atoms. The molecule has 2 amide bonds. The van der Waals surface area contributed by atoms with Crippen LogP contribution in [0.4, 0.5) is 0 Å². The first-order valence-electron chi connectivity index (χ1n) is 9.42. The van der Waals surface area contributed by atoms with Crippen molar-refractivity contribution >= 4 is 17.8 Å². The summed E-state index contributed by atoms with van der Waals surface area (Å²) < 4.78 is 5.21. The van der Waals surface area contributed by atoms with Gasteiger partial charge in [-0.2, -0.15) is 0 Å². The van der Waals surface area contributed by atoms with Gasteiger partial charge in [0.05, 0.1) is 12.2 Å². The smallest absolute Gasteiger partial charge is 0.308 e. The third-order valence-corrected chi connectivity index (χ3v) is 6.00. The van der Waals surface area contributed by atoms with E-state index >= 15 is 0 Å². The SMILES string of the molecule is O=C(O)[C@H]1CN(C(=O)C2CCCCN2C(=O)c2ccco2)C[C@@H]1C1CC1. The number of likely N-dealkylation sites (tertiary alicyclic amines) is 2. The Balaban J connectivity index is 1.50. The van der Waals surface area contributed by atoms with Gasteiger partial charge in [-0.05, 0) is 56.1 Å². The molecule has 140 valence electrons. The van der Waals surface area contributed by atoms with Crippen LogP contribution in [-0.4, -0.2) is 58.4 Å². The van der Waals surface area contributed by atoms with Crippen LogP contribution in [0.3, 0.4) is 0 Å². The average Bonchev–Trinajstić information content (AvgIpc) is 3.17. The second-order valence-electron chi connectivity index (χ2n) is 7.68. The van der Waals surface area contributed by atoms with Crippen LogP contribution < -0.4 is 0 Å². The number of carbonyl (C=O) groups is 3. The molecule has 1 N–H and O–H groups in total. The number of rotatable bonds is 4. The van der Waals surface area contributed by atoms with Crippen molar-refractivity contribution in [3.63, 3.8) is 0 Å². The first-order chi connectivity index (χ1) is 12.6. The van der Waals surface area contributed by atoms with Gasteiger partial charge in [-0.15, -0.1) is 0 Å². The van der Waals surface area contributed by atoms with Crippen molar-refractivity contribution in [2.24, 2.45) is 17.8 Å². The molecule has 3 heterocycles. The molecule has 1 saturated carbocycles. The predicted molar refractivity (Wildman–Crippen MR) is 91.3 cm³/mol. The first-order valence-corrected chi connectivity index (χ1v) is 9.42. The minimum absolute atomic E-state index is 0.0502. The normalized spacial score (nSPS) is 29.0. The Morgan fingerprint density at radius 1 is 1.12 bits per heavy atom. The van der Waals surface area contributed by atoms with Crippen LogP contribution in [0.25, 0.3) is 0 Å². The number of carbonyl (C=O) groups excluding carboxylic acids is 2. The summed E-state index contributed by atoms with van der Waals surface area (Å²) in [6.07, 6.45) is 5.94. The highest BCUT2D eigenvalue weighted by atomic mass is 16.4. The van der Waals surface area contributed by atoms with E-state index in [1.807, 2.05) is 0 Å². The highest BCUT2D eigenvalue weighted by molar-refractivity contribution is 5.96. The summed E-state index contributed by atoms with van der Waals surface area (Å²) >= 11 is 0. The number of amides is 2. The van der Waals surface area contributed by atoms with Crippen molar-refractivity contribution in [2.75, 3.05) is 19.6 Å².